The highest BCUT2D eigenvalue weighted by Crippen LogP contribution is 2.23. The molecule has 0 bridgehead atoms. The highest BCUT2D eigenvalue weighted by molar-refractivity contribution is 5.79. The zero-order valence-electron chi connectivity index (χ0n) is 17.3. The smallest absolute Gasteiger partial charge is 0.409 e. The van der Waals surface area contributed by atoms with Gasteiger partial charge in [-0.2, -0.15) is 0 Å². The van der Waals surface area contributed by atoms with Gasteiger partial charge in [-0.25, -0.2) is 14.2 Å². The highest BCUT2D eigenvalue weighted by Gasteiger charge is 2.29. The number of hydrogen-bond donors (Lipinski definition) is 1. The number of hydrogen-bond acceptors (Lipinski definition) is 6. The summed E-state index contributed by atoms with van der Waals surface area (Å²) in [5, 5.41) is 1.10. The fourth-order valence-electron chi connectivity index (χ4n) is 3.47. The molecule has 1 aromatic carbocycles. The van der Waals surface area contributed by atoms with Crippen molar-refractivity contribution in [2.24, 2.45) is 0 Å². The van der Waals surface area contributed by atoms with E-state index in [1.54, 1.807) is 35.4 Å². The number of rotatable bonds is 7. The van der Waals surface area contributed by atoms with Crippen molar-refractivity contribution in [3.8, 4) is 0 Å². The van der Waals surface area contributed by atoms with Gasteiger partial charge in [0.05, 0.1) is 19.0 Å². The molecule has 2 aromatic rings. The predicted molar refractivity (Wildman–Crippen MR) is 111 cm³/mol. The van der Waals surface area contributed by atoms with Crippen molar-refractivity contribution in [1.29, 1.82) is 0 Å². The molecule has 0 aliphatic carbocycles. The van der Waals surface area contributed by atoms with E-state index >= 15 is 0 Å². The first-order valence-electron chi connectivity index (χ1n) is 9.66. The van der Waals surface area contributed by atoms with Crippen LogP contribution < -0.4 is 10.4 Å². The number of anilines is 2. The molecule has 3 rings (SSSR count). The second-order valence-corrected chi connectivity index (χ2v) is 7.33. The van der Waals surface area contributed by atoms with Gasteiger partial charge in [-0.05, 0) is 50.2 Å². The quantitative estimate of drug-likeness (QED) is 0.554. The number of amides is 2. The minimum atomic E-state index is -0.515. The van der Waals surface area contributed by atoms with E-state index in [0.717, 1.165) is 22.7 Å². The van der Waals surface area contributed by atoms with Crippen molar-refractivity contribution in [1.82, 2.24) is 14.8 Å². The number of halogens is 1. The van der Waals surface area contributed by atoms with E-state index in [1.807, 2.05) is 14.0 Å². The number of nitrogens with zero attached hydrogens (tertiary/aromatic N) is 4. The van der Waals surface area contributed by atoms with Crippen molar-refractivity contribution in [2.75, 3.05) is 37.7 Å². The Morgan fingerprint density at radius 2 is 2.20 bits per heavy atom. The molecule has 1 aliphatic rings. The Morgan fingerprint density at radius 1 is 1.40 bits per heavy atom. The maximum atomic E-state index is 14.5. The molecule has 0 spiro atoms. The van der Waals surface area contributed by atoms with Crippen molar-refractivity contribution in [2.45, 2.75) is 25.9 Å². The van der Waals surface area contributed by atoms with Crippen LogP contribution in [0.3, 0.4) is 0 Å². The molecule has 1 N–H and O–H groups in total. The summed E-state index contributed by atoms with van der Waals surface area (Å²) in [4.78, 5) is 31.3. The number of benzene rings is 1. The van der Waals surface area contributed by atoms with E-state index in [-0.39, 0.29) is 17.8 Å². The number of carbonyl (C=O) groups is 2. The second kappa shape index (κ2) is 9.53. The Balaban J connectivity index is 1.70. The largest absolute Gasteiger partial charge is 0.453 e. The molecule has 2 amide bonds. The van der Waals surface area contributed by atoms with Gasteiger partial charge in [0.25, 0.3) is 0 Å². The molecule has 0 radical (unpaired) electrons. The number of aryl methyl sites for hydroxylation is 1. The summed E-state index contributed by atoms with van der Waals surface area (Å²) < 4.78 is 19.2. The van der Waals surface area contributed by atoms with Crippen LogP contribution in [0.5, 0.6) is 0 Å². The van der Waals surface area contributed by atoms with Crippen molar-refractivity contribution in [3.63, 3.8) is 0 Å². The number of hydrazine groups is 1. The molecule has 1 atom stereocenters. The Labute approximate surface area is 175 Å². The fourth-order valence-corrected chi connectivity index (χ4v) is 3.47. The van der Waals surface area contributed by atoms with Crippen molar-refractivity contribution in [3.05, 3.63) is 53.6 Å². The standard InChI is InChI=1S/C21H26FN5O3/c1-15-4-6-17(11-23-15)24-27(14-28)20-10-16(5-7-19(20)22)12-25(2)18-8-9-26(13-18)21(29)30-3/h4-7,10-11,14,18,24H,8-9,12-13H2,1-3H3/t18-/m1/s1. The third-order valence-corrected chi connectivity index (χ3v) is 5.19. The number of likely N-dealkylation sites (tertiary alicyclic amines) is 1. The number of pyridine rings is 1. The van der Waals surface area contributed by atoms with Crippen LogP contribution >= 0.6 is 0 Å². The number of methoxy groups -OCH3 is 1. The van der Waals surface area contributed by atoms with Crippen LogP contribution in [0.1, 0.15) is 17.7 Å². The van der Waals surface area contributed by atoms with Gasteiger partial charge in [-0.15, -0.1) is 0 Å². The van der Waals surface area contributed by atoms with Gasteiger partial charge in [0.1, 0.15) is 11.5 Å². The molecule has 160 valence electrons. The molecule has 1 saturated heterocycles. The average Bonchev–Trinajstić information content (AvgIpc) is 3.25. The zero-order chi connectivity index (χ0) is 21.7. The lowest BCUT2D eigenvalue weighted by Gasteiger charge is -2.25. The lowest BCUT2D eigenvalue weighted by Crippen LogP contribution is -2.36. The predicted octanol–water partition coefficient (Wildman–Crippen LogP) is 2.79. The van der Waals surface area contributed by atoms with E-state index in [0.29, 0.717) is 31.7 Å². The summed E-state index contributed by atoms with van der Waals surface area (Å²) in [6.07, 6.45) is 2.61. The summed E-state index contributed by atoms with van der Waals surface area (Å²) in [5.74, 6) is -0.515. The lowest BCUT2D eigenvalue weighted by molar-refractivity contribution is -0.107. The van der Waals surface area contributed by atoms with Crippen LogP contribution in [0.25, 0.3) is 0 Å². The fraction of sp³-hybridized carbons (Fsp3) is 0.381. The van der Waals surface area contributed by atoms with Gasteiger partial charge in [0.15, 0.2) is 0 Å². The molecule has 0 saturated carbocycles. The normalized spacial score (nSPS) is 15.9. The maximum absolute atomic E-state index is 14.5. The molecule has 1 fully saturated rings. The number of nitrogens with one attached hydrogen (secondary N) is 1. The van der Waals surface area contributed by atoms with E-state index in [1.165, 1.54) is 13.2 Å². The monoisotopic (exact) mass is 415 g/mol. The Bertz CT molecular complexity index is 893. The van der Waals surface area contributed by atoms with Gasteiger partial charge in [0.2, 0.25) is 6.41 Å². The Kier molecular flexibility index (Phi) is 6.83. The molecule has 2 heterocycles. The Hall–Kier alpha value is -3.20. The summed E-state index contributed by atoms with van der Waals surface area (Å²) in [6.45, 7) is 3.63. The van der Waals surface area contributed by atoms with Gasteiger partial charge in [-0.3, -0.25) is 20.1 Å². The van der Waals surface area contributed by atoms with E-state index < -0.39 is 5.82 Å². The SMILES string of the molecule is COC(=O)N1CC[C@@H](N(C)Cc2ccc(F)c(N(C=O)Nc3ccc(C)nc3)c2)C1. The topological polar surface area (TPSA) is 78.0 Å². The van der Waals surface area contributed by atoms with Crippen LogP contribution in [0, 0.1) is 12.7 Å². The van der Waals surface area contributed by atoms with Gasteiger partial charge >= 0.3 is 6.09 Å². The van der Waals surface area contributed by atoms with Crippen molar-refractivity contribution < 1.29 is 18.7 Å². The number of likely N-dealkylation sites (N-methyl/N-ethyl adjacent to an activating group) is 1. The molecule has 30 heavy (non-hydrogen) atoms. The van der Waals surface area contributed by atoms with Crippen LogP contribution in [0.15, 0.2) is 36.5 Å². The van der Waals surface area contributed by atoms with Gasteiger partial charge in [0, 0.05) is 31.4 Å². The molecule has 1 aromatic heterocycles. The highest BCUT2D eigenvalue weighted by atomic mass is 19.1. The summed E-state index contributed by atoms with van der Waals surface area (Å²) in [6, 6.07) is 8.42. The summed E-state index contributed by atoms with van der Waals surface area (Å²) >= 11 is 0. The van der Waals surface area contributed by atoms with Crippen LogP contribution in [0.2, 0.25) is 0 Å². The summed E-state index contributed by atoms with van der Waals surface area (Å²) in [7, 11) is 3.33. The van der Waals surface area contributed by atoms with Gasteiger partial charge < -0.3 is 9.64 Å². The Morgan fingerprint density at radius 3 is 2.87 bits per heavy atom. The first-order chi connectivity index (χ1) is 14.4. The molecular weight excluding hydrogens is 389 g/mol. The molecule has 0 unspecified atom stereocenters. The van der Waals surface area contributed by atoms with Crippen molar-refractivity contribution >= 4 is 23.9 Å². The number of carbonyl (C=O) groups excluding carboxylic acids is 2. The molecular formula is C21H26FN5O3. The number of aromatic nitrogens is 1. The molecule has 1 aliphatic heterocycles. The van der Waals surface area contributed by atoms with E-state index in [4.69, 9.17) is 4.74 Å². The van der Waals surface area contributed by atoms with Crippen LogP contribution in [0.4, 0.5) is 20.6 Å². The maximum Gasteiger partial charge on any atom is 0.409 e. The first kappa shape index (κ1) is 21.5. The zero-order valence-corrected chi connectivity index (χ0v) is 17.3. The van der Waals surface area contributed by atoms with Gasteiger partial charge in [-0.1, -0.05) is 6.07 Å². The van der Waals surface area contributed by atoms with Crippen LogP contribution in [-0.4, -0.2) is 60.6 Å². The second-order valence-electron chi connectivity index (χ2n) is 7.33. The third kappa shape index (κ3) is 5.04. The average molecular weight is 415 g/mol. The molecule has 9 heteroatoms. The lowest BCUT2D eigenvalue weighted by atomic mass is 10.1. The minimum absolute atomic E-state index is 0.124. The van der Waals surface area contributed by atoms with Crippen LogP contribution in [-0.2, 0) is 16.1 Å². The molecule has 8 nitrogen and oxygen atoms in total. The number of ether oxygens (including phenoxy) is 1. The minimum Gasteiger partial charge on any atom is -0.453 e. The summed E-state index contributed by atoms with van der Waals surface area (Å²) in [5.41, 5.74) is 5.25. The van der Waals surface area contributed by atoms with E-state index in [9.17, 15) is 14.0 Å². The van der Waals surface area contributed by atoms with E-state index in [2.05, 4.69) is 15.3 Å². The first-order valence-corrected chi connectivity index (χ1v) is 9.66. The third-order valence-electron chi connectivity index (χ3n) is 5.19.